The predicted molar refractivity (Wildman–Crippen MR) is 67.1 cm³/mol. The van der Waals surface area contributed by atoms with Gasteiger partial charge < -0.3 is 0 Å². The van der Waals surface area contributed by atoms with Crippen molar-refractivity contribution >= 4 is 5.78 Å². The normalized spacial score (nSPS) is 34.6. The third-order valence-electron chi connectivity index (χ3n) is 4.32. The van der Waals surface area contributed by atoms with E-state index in [4.69, 9.17) is 0 Å². The number of fused-ring (bicyclic) bond motifs is 1. The van der Waals surface area contributed by atoms with Gasteiger partial charge in [0.2, 0.25) is 0 Å². The Hall–Kier alpha value is -0.850. The van der Waals surface area contributed by atoms with Gasteiger partial charge in [-0.25, -0.2) is 0 Å². The summed E-state index contributed by atoms with van der Waals surface area (Å²) < 4.78 is 0. The fourth-order valence-corrected chi connectivity index (χ4v) is 3.17. The van der Waals surface area contributed by atoms with Crippen molar-refractivity contribution in [3.8, 4) is 0 Å². The lowest BCUT2D eigenvalue weighted by atomic mass is 9.65. The van der Waals surface area contributed by atoms with Crippen LogP contribution in [0.2, 0.25) is 0 Å². The van der Waals surface area contributed by atoms with Crippen molar-refractivity contribution in [2.45, 2.75) is 40.5 Å². The van der Waals surface area contributed by atoms with Gasteiger partial charge in [0.15, 0.2) is 5.78 Å². The number of carbonyl (C=O) groups is 1. The second-order valence-corrected chi connectivity index (χ2v) is 5.78. The van der Waals surface area contributed by atoms with E-state index in [1.54, 1.807) is 0 Å². The average Bonchev–Trinajstić information content (AvgIpc) is 2.21. The molecular weight excluding hydrogens is 196 g/mol. The summed E-state index contributed by atoms with van der Waals surface area (Å²) in [5.74, 6) is 2.60. The van der Waals surface area contributed by atoms with Crippen molar-refractivity contribution < 1.29 is 4.79 Å². The highest BCUT2D eigenvalue weighted by Crippen LogP contribution is 2.44. The van der Waals surface area contributed by atoms with Gasteiger partial charge in [-0.1, -0.05) is 32.4 Å². The third-order valence-corrected chi connectivity index (χ3v) is 4.32. The molecule has 0 aromatic carbocycles. The Bertz CT molecular complexity index is 360. The van der Waals surface area contributed by atoms with Crippen LogP contribution in [-0.4, -0.2) is 5.78 Å². The number of hydrogen-bond acceptors (Lipinski definition) is 1. The van der Waals surface area contributed by atoms with Gasteiger partial charge >= 0.3 is 0 Å². The molecule has 1 nitrogen and oxygen atoms in total. The first-order valence-corrected chi connectivity index (χ1v) is 6.43. The van der Waals surface area contributed by atoms with Crippen LogP contribution in [0, 0.1) is 23.7 Å². The molecule has 1 heteroatoms. The summed E-state index contributed by atoms with van der Waals surface area (Å²) in [5, 5.41) is 0. The van der Waals surface area contributed by atoms with Crippen molar-refractivity contribution in [2.24, 2.45) is 23.7 Å². The Morgan fingerprint density at radius 3 is 2.69 bits per heavy atom. The van der Waals surface area contributed by atoms with Gasteiger partial charge in [0, 0.05) is 5.92 Å². The van der Waals surface area contributed by atoms with E-state index in [1.165, 1.54) is 17.6 Å². The summed E-state index contributed by atoms with van der Waals surface area (Å²) in [5.41, 5.74) is 2.66. The molecule has 3 unspecified atom stereocenters. The molecule has 0 heterocycles. The summed E-state index contributed by atoms with van der Waals surface area (Å²) in [6, 6.07) is 0. The van der Waals surface area contributed by atoms with E-state index in [-0.39, 0.29) is 5.92 Å². The van der Waals surface area contributed by atoms with Crippen LogP contribution in [0.25, 0.3) is 0 Å². The van der Waals surface area contributed by atoms with Gasteiger partial charge in [0.05, 0.1) is 0 Å². The highest BCUT2D eigenvalue weighted by Gasteiger charge is 2.36. The van der Waals surface area contributed by atoms with E-state index in [9.17, 15) is 4.79 Å². The third kappa shape index (κ3) is 1.88. The number of hydrogen-bond donors (Lipinski definition) is 0. The molecule has 0 spiro atoms. The number of ketones is 1. The molecule has 0 aromatic rings. The predicted octanol–water partition coefficient (Wildman–Crippen LogP) is 3.76. The number of carbonyl (C=O) groups excluding carboxylic acids is 1. The fraction of sp³-hybridized carbons (Fsp3) is 0.667. The van der Waals surface area contributed by atoms with E-state index >= 15 is 0 Å². The van der Waals surface area contributed by atoms with Crippen LogP contribution >= 0.6 is 0 Å². The molecule has 0 saturated heterocycles. The second-order valence-electron chi connectivity index (χ2n) is 5.78. The molecule has 16 heavy (non-hydrogen) atoms. The molecule has 0 fully saturated rings. The van der Waals surface area contributed by atoms with E-state index in [0.717, 1.165) is 12.3 Å². The highest BCUT2D eigenvalue weighted by molar-refractivity contribution is 5.94. The van der Waals surface area contributed by atoms with Crippen LogP contribution in [0.4, 0.5) is 0 Å². The first kappa shape index (κ1) is 11.6. The Kier molecular flexibility index (Phi) is 3.05. The van der Waals surface area contributed by atoms with Gasteiger partial charge in [-0.05, 0) is 49.2 Å². The number of allylic oxidation sites excluding steroid dienone is 4. The largest absolute Gasteiger partial charge is 0.295 e. The molecule has 2 aliphatic carbocycles. The van der Waals surface area contributed by atoms with E-state index < -0.39 is 0 Å². The van der Waals surface area contributed by atoms with E-state index in [2.05, 4.69) is 33.8 Å². The quantitative estimate of drug-likeness (QED) is 0.655. The van der Waals surface area contributed by atoms with Crippen LogP contribution in [0.3, 0.4) is 0 Å². The molecule has 2 rings (SSSR count). The summed E-state index contributed by atoms with van der Waals surface area (Å²) in [7, 11) is 0. The minimum absolute atomic E-state index is 0.223. The second kappa shape index (κ2) is 4.20. The van der Waals surface area contributed by atoms with Gasteiger partial charge in [-0.15, -0.1) is 0 Å². The monoisotopic (exact) mass is 218 g/mol. The molecule has 3 atom stereocenters. The molecule has 2 aliphatic rings. The standard InChI is InChI=1S/C15H22O/c1-9(2)12-6-5-10(3)13-8-15(16)11(4)7-14(12)13/h5,8-9,11-12,14H,6-7H2,1-4H3. The minimum Gasteiger partial charge on any atom is -0.295 e. The molecule has 0 saturated carbocycles. The zero-order valence-corrected chi connectivity index (χ0v) is 10.8. The summed E-state index contributed by atoms with van der Waals surface area (Å²) in [4.78, 5) is 11.8. The van der Waals surface area contributed by atoms with Crippen molar-refractivity contribution in [3.05, 3.63) is 23.3 Å². The van der Waals surface area contributed by atoms with E-state index in [0.29, 0.717) is 17.6 Å². The van der Waals surface area contributed by atoms with Crippen LogP contribution in [0.15, 0.2) is 23.3 Å². The Morgan fingerprint density at radius 2 is 2.06 bits per heavy atom. The summed E-state index contributed by atoms with van der Waals surface area (Å²) >= 11 is 0. The van der Waals surface area contributed by atoms with Crippen molar-refractivity contribution in [1.29, 1.82) is 0 Å². The number of rotatable bonds is 1. The first-order chi connectivity index (χ1) is 7.50. The van der Waals surface area contributed by atoms with Gasteiger partial charge in [-0.2, -0.15) is 0 Å². The Morgan fingerprint density at radius 1 is 1.38 bits per heavy atom. The lowest BCUT2D eigenvalue weighted by molar-refractivity contribution is -0.119. The molecule has 0 N–H and O–H groups in total. The van der Waals surface area contributed by atoms with Crippen LogP contribution in [0.5, 0.6) is 0 Å². The SMILES string of the molecule is CC1=CCC(C(C)C)C2CC(C)C(=O)C=C12. The van der Waals surface area contributed by atoms with Gasteiger partial charge in [0.25, 0.3) is 0 Å². The molecule has 88 valence electrons. The molecule has 0 aromatic heterocycles. The lowest BCUT2D eigenvalue weighted by Gasteiger charge is -2.39. The first-order valence-electron chi connectivity index (χ1n) is 6.43. The van der Waals surface area contributed by atoms with Crippen LogP contribution in [-0.2, 0) is 4.79 Å². The van der Waals surface area contributed by atoms with Crippen LogP contribution in [0.1, 0.15) is 40.5 Å². The zero-order chi connectivity index (χ0) is 11.9. The van der Waals surface area contributed by atoms with Gasteiger partial charge in [0.1, 0.15) is 0 Å². The smallest absolute Gasteiger partial charge is 0.158 e. The summed E-state index contributed by atoms with van der Waals surface area (Å²) in [6.07, 6.45) is 6.47. The zero-order valence-electron chi connectivity index (χ0n) is 10.8. The average molecular weight is 218 g/mol. The lowest BCUT2D eigenvalue weighted by Crippen LogP contribution is -2.32. The van der Waals surface area contributed by atoms with Crippen molar-refractivity contribution in [3.63, 3.8) is 0 Å². The Balaban J connectivity index is 2.37. The molecule has 0 amide bonds. The minimum atomic E-state index is 0.223. The van der Waals surface area contributed by atoms with Crippen LogP contribution < -0.4 is 0 Å². The Labute approximate surface area is 98.6 Å². The maximum atomic E-state index is 11.8. The maximum absolute atomic E-state index is 11.8. The molecule has 0 radical (unpaired) electrons. The fourth-order valence-electron chi connectivity index (χ4n) is 3.17. The molecule has 0 bridgehead atoms. The highest BCUT2D eigenvalue weighted by atomic mass is 16.1. The van der Waals surface area contributed by atoms with Crippen molar-refractivity contribution in [2.75, 3.05) is 0 Å². The molecule has 0 aliphatic heterocycles. The van der Waals surface area contributed by atoms with Crippen molar-refractivity contribution in [1.82, 2.24) is 0 Å². The topological polar surface area (TPSA) is 17.1 Å². The molecular formula is C15H22O. The van der Waals surface area contributed by atoms with Gasteiger partial charge in [-0.3, -0.25) is 4.79 Å². The summed E-state index contributed by atoms with van der Waals surface area (Å²) in [6.45, 7) is 8.83. The van der Waals surface area contributed by atoms with E-state index in [1.807, 2.05) is 6.08 Å². The maximum Gasteiger partial charge on any atom is 0.158 e.